The van der Waals surface area contributed by atoms with Crippen molar-refractivity contribution in [2.75, 3.05) is 26.4 Å². The molecule has 0 unspecified atom stereocenters. The van der Waals surface area contributed by atoms with E-state index >= 15 is 0 Å². The van der Waals surface area contributed by atoms with Crippen LogP contribution in [0, 0.1) is 0 Å². The lowest BCUT2D eigenvalue weighted by Gasteiger charge is -2.31. The van der Waals surface area contributed by atoms with Crippen LogP contribution < -0.4 is 5.32 Å². The molecule has 2 aromatic carbocycles. The molecule has 0 atom stereocenters. The molecule has 6 heteroatoms. The van der Waals surface area contributed by atoms with Crippen molar-refractivity contribution in [1.82, 2.24) is 10.2 Å². The summed E-state index contributed by atoms with van der Waals surface area (Å²) in [5.74, 6) is 0.909. The monoisotopic (exact) mass is 371 g/mol. The molecule has 0 amide bonds. The van der Waals surface area contributed by atoms with E-state index in [2.05, 4.69) is 39.5 Å². The summed E-state index contributed by atoms with van der Waals surface area (Å²) >= 11 is 0. The van der Waals surface area contributed by atoms with E-state index in [-0.39, 0.29) is 0 Å². The average molecular weight is 372 g/mol. The Balaban J connectivity index is 1.55. The zero-order chi connectivity index (χ0) is 18.6. The molecule has 2 aromatic rings. The van der Waals surface area contributed by atoms with Crippen molar-refractivity contribution in [2.24, 2.45) is 4.99 Å². The van der Waals surface area contributed by atoms with Crippen LogP contribution >= 0.6 is 0 Å². The van der Waals surface area contributed by atoms with Gasteiger partial charge in [0.25, 0.3) is 0 Å². The molecule has 0 aliphatic carbocycles. The van der Waals surface area contributed by atoms with Gasteiger partial charge in [0.2, 0.25) is 0 Å². The molecule has 0 spiro atoms. The highest BCUT2D eigenvalue weighted by Gasteiger charge is 2.18. The lowest BCUT2D eigenvalue weighted by atomic mass is 10.0. The third-order valence-electron chi connectivity index (χ3n) is 4.69. The van der Waals surface area contributed by atoms with Crippen LogP contribution in [0.3, 0.4) is 0 Å². The molecule has 0 fully saturated rings. The molecular formula is C20H25N3O2S. The molecule has 0 saturated heterocycles. The van der Waals surface area contributed by atoms with Gasteiger partial charge in [-0.15, -0.1) is 0 Å². The summed E-state index contributed by atoms with van der Waals surface area (Å²) in [6.07, 6.45) is 3.07. The largest absolute Gasteiger partial charge is 0.356 e. The van der Waals surface area contributed by atoms with Crippen LogP contribution in [0.2, 0.25) is 0 Å². The van der Waals surface area contributed by atoms with E-state index in [1.807, 2.05) is 19.2 Å². The van der Waals surface area contributed by atoms with Crippen LogP contribution in [0.15, 0.2) is 58.4 Å². The van der Waals surface area contributed by atoms with E-state index < -0.39 is 9.84 Å². The highest BCUT2D eigenvalue weighted by Crippen LogP contribution is 2.18. The van der Waals surface area contributed by atoms with Crippen molar-refractivity contribution in [1.29, 1.82) is 0 Å². The van der Waals surface area contributed by atoms with E-state index in [1.54, 1.807) is 12.1 Å². The minimum absolute atomic E-state index is 0.358. The molecule has 0 radical (unpaired) electrons. The first-order valence-corrected chi connectivity index (χ1v) is 10.7. The quantitative estimate of drug-likeness (QED) is 0.662. The molecule has 1 heterocycles. The summed E-state index contributed by atoms with van der Waals surface area (Å²) in [5.41, 5.74) is 3.88. The Labute approximate surface area is 155 Å². The zero-order valence-corrected chi connectivity index (χ0v) is 16.1. The van der Waals surface area contributed by atoms with E-state index in [1.165, 1.54) is 17.4 Å². The number of nitrogens with zero attached hydrogens (tertiary/aromatic N) is 2. The van der Waals surface area contributed by atoms with Crippen molar-refractivity contribution in [2.45, 2.75) is 24.3 Å². The number of benzene rings is 2. The van der Waals surface area contributed by atoms with Gasteiger partial charge in [-0.25, -0.2) is 8.42 Å². The summed E-state index contributed by atoms with van der Waals surface area (Å²) in [5, 5.41) is 3.42. The fourth-order valence-electron chi connectivity index (χ4n) is 3.23. The second kappa shape index (κ2) is 7.91. The number of nitrogens with one attached hydrogen (secondary N) is 1. The van der Waals surface area contributed by atoms with Gasteiger partial charge in [-0.1, -0.05) is 36.4 Å². The molecule has 0 saturated carbocycles. The van der Waals surface area contributed by atoms with Crippen molar-refractivity contribution in [3.8, 4) is 0 Å². The SMILES string of the molecule is CN=C(NCCc1ccc(S(C)(=O)=O)cc1)N1CCc2ccccc2C1. The first-order valence-electron chi connectivity index (χ1n) is 8.79. The lowest BCUT2D eigenvalue weighted by molar-refractivity contribution is 0.379. The fraction of sp³-hybridized carbons (Fsp3) is 0.350. The second-order valence-electron chi connectivity index (χ2n) is 6.58. The second-order valence-corrected chi connectivity index (χ2v) is 8.60. The molecule has 138 valence electrons. The Morgan fingerprint density at radius 2 is 1.81 bits per heavy atom. The summed E-state index contributed by atoms with van der Waals surface area (Å²) in [6.45, 7) is 2.59. The molecule has 1 N–H and O–H groups in total. The number of fused-ring (bicyclic) bond motifs is 1. The average Bonchev–Trinajstić information content (AvgIpc) is 2.64. The normalized spacial score (nSPS) is 14.8. The van der Waals surface area contributed by atoms with Crippen LogP contribution in [0.4, 0.5) is 0 Å². The number of hydrogen-bond donors (Lipinski definition) is 1. The zero-order valence-electron chi connectivity index (χ0n) is 15.3. The van der Waals surface area contributed by atoms with Gasteiger partial charge in [-0.05, 0) is 41.7 Å². The van der Waals surface area contributed by atoms with Crippen molar-refractivity contribution in [3.63, 3.8) is 0 Å². The highest BCUT2D eigenvalue weighted by molar-refractivity contribution is 7.90. The van der Waals surface area contributed by atoms with Crippen LogP contribution in [0.25, 0.3) is 0 Å². The van der Waals surface area contributed by atoms with Gasteiger partial charge in [-0.3, -0.25) is 4.99 Å². The summed E-state index contributed by atoms with van der Waals surface area (Å²) in [6, 6.07) is 15.6. The molecule has 0 aromatic heterocycles. The molecule has 1 aliphatic heterocycles. The molecule has 5 nitrogen and oxygen atoms in total. The number of sulfone groups is 1. The fourth-order valence-corrected chi connectivity index (χ4v) is 3.86. The van der Waals surface area contributed by atoms with Crippen LogP contribution in [0.5, 0.6) is 0 Å². The lowest BCUT2D eigenvalue weighted by Crippen LogP contribution is -2.44. The van der Waals surface area contributed by atoms with E-state index in [9.17, 15) is 8.42 Å². The predicted molar refractivity (Wildman–Crippen MR) is 105 cm³/mol. The number of aliphatic imine (C=N–C) groups is 1. The van der Waals surface area contributed by atoms with Gasteiger partial charge >= 0.3 is 0 Å². The Morgan fingerprint density at radius 1 is 1.12 bits per heavy atom. The molecular weight excluding hydrogens is 346 g/mol. The van der Waals surface area contributed by atoms with Gasteiger partial charge in [-0.2, -0.15) is 0 Å². The summed E-state index contributed by atoms with van der Waals surface area (Å²) in [4.78, 5) is 7.05. The van der Waals surface area contributed by atoms with Gasteiger partial charge in [0, 0.05) is 32.9 Å². The third kappa shape index (κ3) is 4.43. The van der Waals surface area contributed by atoms with Crippen molar-refractivity contribution >= 4 is 15.8 Å². The maximum absolute atomic E-state index is 11.5. The first kappa shape index (κ1) is 18.5. The smallest absolute Gasteiger partial charge is 0.193 e. The maximum atomic E-state index is 11.5. The standard InChI is InChI=1S/C20H25N3O2S/c1-21-20(23-14-12-17-5-3-4-6-18(17)15-23)22-13-11-16-7-9-19(10-8-16)26(2,24)25/h3-10H,11-15H2,1-2H3,(H,21,22). The molecule has 3 rings (SSSR count). The Kier molecular flexibility index (Phi) is 5.61. The van der Waals surface area contributed by atoms with Crippen LogP contribution in [0.1, 0.15) is 16.7 Å². The van der Waals surface area contributed by atoms with E-state index in [0.717, 1.165) is 44.0 Å². The molecule has 1 aliphatic rings. The summed E-state index contributed by atoms with van der Waals surface area (Å²) in [7, 11) is -1.33. The predicted octanol–water partition coefficient (Wildman–Crippen LogP) is 2.27. The highest BCUT2D eigenvalue weighted by atomic mass is 32.2. The number of rotatable bonds is 4. The van der Waals surface area contributed by atoms with Crippen molar-refractivity contribution in [3.05, 3.63) is 65.2 Å². The minimum Gasteiger partial charge on any atom is -0.356 e. The van der Waals surface area contributed by atoms with Gasteiger partial charge < -0.3 is 10.2 Å². The van der Waals surface area contributed by atoms with Gasteiger partial charge in [0.1, 0.15) is 0 Å². The maximum Gasteiger partial charge on any atom is 0.193 e. The topological polar surface area (TPSA) is 61.8 Å². The molecule has 0 bridgehead atoms. The number of guanidine groups is 1. The Bertz CT molecular complexity index is 890. The van der Waals surface area contributed by atoms with Crippen molar-refractivity contribution < 1.29 is 8.42 Å². The van der Waals surface area contributed by atoms with Crippen LogP contribution in [-0.4, -0.2) is 45.7 Å². The Hall–Kier alpha value is -2.34. The third-order valence-corrected chi connectivity index (χ3v) is 5.82. The minimum atomic E-state index is -3.14. The Morgan fingerprint density at radius 3 is 2.46 bits per heavy atom. The molecule has 26 heavy (non-hydrogen) atoms. The van der Waals surface area contributed by atoms with Gasteiger partial charge in [0.05, 0.1) is 4.90 Å². The summed E-state index contributed by atoms with van der Waals surface area (Å²) < 4.78 is 23.0. The van der Waals surface area contributed by atoms with Gasteiger partial charge in [0.15, 0.2) is 15.8 Å². The first-order chi connectivity index (χ1) is 12.5. The van der Waals surface area contributed by atoms with E-state index in [4.69, 9.17) is 0 Å². The van der Waals surface area contributed by atoms with E-state index in [0.29, 0.717) is 4.90 Å². The number of hydrogen-bond acceptors (Lipinski definition) is 3. The van der Waals surface area contributed by atoms with Crippen LogP contribution in [-0.2, 0) is 29.2 Å².